The molecule has 0 spiro atoms. The molecule has 2 atom stereocenters. The number of carbonyl (C=O) groups is 3. The van der Waals surface area contributed by atoms with Crippen LogP contribution in [-0.2, 0) is 14.3 Å². The van der Waals surface area contributed by atoms with Gasteiger partial charge in [-0.2, -0.15) is 0 Å². The highest BCUT2D eigenvalue weighted by Crippen LogP contribution is 2.37. The molecule has 0 heterocycles. The van der Waals surface area contributed by atoms with E-state index in [2.05, 4.69) is 10.6 Å². The Kier molecular flexibility index (Phi) is 10.2. The summed E-state index contributed by atoms with van der Waals surface area (Å²) in [4.78, 5) is 42.6. The van der Waals surface area contributed by atoms with Gasteiger partial charge in [0.05, 0.1) is 0 Å². The maximum Gasteiger partial charge on any atom is 0.408 e. The van der Waals surface area contributed by atoms with E-state index in [1.165, 1.54) is 4.90 Å². The van der Waals surface area contributed by atoms with Gasteiger partial charge in [-0.05, 0) is 84.9 Å². The number of phenols is 1. The van der Waals surface area contributed by atoms with E-state index in [0.717, 1.165) is 5.56 Å². The first-order chi connectivity index (χ1) is 17.9. The normalized spacial score (nSPS) is 13.4. The van der Waals surface area contributed by atoms with Gasteiger partial charge in [-0.25, -0.2) is 4.79 Å². The highest BCUT2D eigenvalue weighted by Gasteiger charge is 2.43. The lowest BCUT2D eigenvalue weighted by Gasteiger charge is -2.43. The average molecular weight is 540 g/mol. The smallest absolute Gasteiger partial charge is 0.408 e. The van der Waals surface area contributed by atoms with Crippen molar-refractivity contribution in [3.63, 3.8) is 0 Å². The first kappa shape index (κ1) is 31.7. The molecule has 39 heavy (non-hydrogen) atoms. The molecule has 0 aliphatic heterocycles. The van der Waals surface area contributed by atoms with Crippen LogP contribution in [0.1, 0.15) is 84.5 Å². The van der Waals surface area contributed by atoms with Crippen LogP contribution in [0.15, 0.2) is 42.5 Å². The zero-order valence-corrected chi connectivity index (χ0v) is 25.0. The van der Waals surface area contributed by atoms with Crippen molar-refractivity contribution in [3.8, 4) is 5.75 Å². The van der Waals surface area contributed by atoms with Gasteiger partial charge in [-0.3, -0.25) is 9.59 Å². The first-order valence-corrected chi connectivity index (χ1v) is 13.4. The Morgan fingerprint density at radius 3 is 2.05 bits per heavy atom. The van der Waals surface area contributed by atoms with E-state index in [-0.39, 0.29) is 11.7 Å². The van der Waals surface area contributed by atoms with Crippen LogP contribution in [0.2, 0.25) is 0 Å². The summed E-state index contributed by atoms with van der Waals surface area (Å²) in [5.41, 5.74) is 0.717. The number of aromatic hydroxyl groups is 1. The lowest BCUT2D eigenvalue weighted by molar-refractivity contribution is -0.147. The topological polar surface area (TPSA) is 108 Å². The minimum absolute atomic E-state index is 0.0577. The predicted octanol–water partition coefficient (Wildman–Crippen LogP) is 6.26. The van der Waals surface area contributed by atoms with Crippen LogP contribution in [0, 0.1) is 19.8 Å². The van der Waals surface area contributed by atoms with Gasteiger partial charge in [0, 0.05) is 16.8 Å². The average Bonchev–Trinajstić information content (AvgIpc) is 2.77. The quantitative estimate of drug-likeness (QED) is 0.367. The Balaban J connectivity index is 2.66. The van der Waals surface area contributed by atoms with Crippen LogP contribution < -0.4 is 10.6 Å². The summed E-state index contributed by atoms with van der Waals surface area (Å²) in [5.74, 6) is -0.936. The van der Waals surface area contributed by atoms with E-state index in [1.807, 2.05) is 59.7 Å². The molecular weight excluding hydrogens is 494 g/mol. The number of para-hydroxylation sites is 2. The second kappa shape index (κ2) is 12.5. The summed E-state index contributed by atoms with van der Waals surface area (Å²) in [7, 11) is 0. The molecule has 2 aromatic carbocycles. The maximum absolute atomic E-state index is 14.4. The molecule has 0 saturated heterocycles. The number of carbonyl (C=O) groups excluding carboxylic acids is 3. The molecular formula is C31H45N3O5. The molecule has 0 bridgehead atoms. The standard InChI is InChI=1S/C31H45N3O5/c1-19(2)18-24(33-29(38)39-31(8,9)10)28(37)34(30(5,6)7)25(22-16-13-15-21(4)26(22)35)27(36)32-23-17-12-11-14-20(23)3/h11-17,19,24-25,35H,18H2,1-10H3,(H,32,36)(H,33,38). The zero-order chi connectivity index (χ0) is 29.7. The number of nitrogens with zero attached hydrogens (tertiary/aromatic N) is 1. The van der Waals surface area contributed by atoms with Crippen molar-refractivity contribution in [1.29, 1.82) is 0 Å². The van der Waals surface area contributed by atoms with E-state index in [4.69, 9.17) is 4.74 Å². The SMILES string of the molecule is Cc1ccccc1NC(=O)C(c1cccc(C)c1O)N(C(=O)C(CC(C)C)NC(=O)OC(C)(C)C)C(C)(C)C. The summed E-state index contributed by atoms with van der Waals surface area (Å²) in [6.45, 7) is 18.2. The van der Waals surface area contributed by atoms with Crippen LogP contribution in [0.4, 0.5) is 10.5 Å². The Morgan fingerprint density at radius 1 is 0.923 bits per heavy atom. The molecule has 8 nitrogen and oxygen atoms in total. The third-order valence-corrected chi connectivity index (χ3v) is 6.13. The number of rotatable bonds is 8. The molecule has 8 heteroatoms. The Morgan fingerprint density at radius 2 is 1.51 bits per heavy atom. The molecule has 0 aromatic heterocycles. The van der Waals surface area contributed by atoms with Gasteiger partial charge in [-0.15, -0.1) is 0 Å². The fourth-order valence-corrected chi connectivity index (χ4v) is 4.37. The third kappa shape index (κ3) is 8.73. The number of aryl methyl sites for hydroxylation is 2. The fourth-order valence-electron chi connectivity index (χ4n) is 4.37. The van der Waals surface area contributed by atoms with Gasteiger partial charge >= 0.3 is 6.09 Å². The molecule has 0 fully saturated rings. The number of benzene rings is 2. The van der Waals surface area contributed by atoms with Crippen LogP contribution >= 0.6 is 0 Å². The van der Waals surface area contributed by atoms with Crippen molar-refractivity contribution in [3.05, 3.63) is 59.2 Å². The third-order valence-electron chi connectivity index (χ3n) is 6.13. The van der Waals surface area contributed by atoms with Crippen molar-refractivity contribution in [2.75, 3.05) is 5.32 Å². The lowest BCUT2D eigenvalue weighted by Crippen LogP contribution is -2.58. The largest absolute Gasteiger partial charge is 0.507 e. The summed E-state index contributed by atoms with van der Waals surface area (Å²) >= 11 is 0. The number of anilines is 1. The van der Waals surface area contributed by atoms with Gasteiger partial charge in [-0.1, -0.05) is 50.2 Å². The van der Waals surface area contributed by atoms with Crippen molar-refractivity contribution >= 4 is 23.6 Å². The Bertz CT molecular complexity index is 1180. The molecule has 2 aromatic rings. The minimum Gasteiger partial charge on any atom is -0.507 e. The van der Waals surface area contributed by atoms with Crippen molar-refractivity contribution in [2.24, 2.45) is 5.92 Å². The molecule has 2 unspecified atom stereocenters. The Labute approximate surface area is 233 Å². The van der Waals surface area contributed by atoms with E-state index in [9.17, 15) is 19.5 Å². The summed E-state index contributed by atoms with van der Waals surface area (Å²) in [5, 5.41) is 16.8. The van der Waals surface area contributed by atoms with Crippen LogP contribution in [0.5, 0.6) is 5.75 Å². The van der Waals surface area contributed by atoms with Crippen LogP contribution in [0.3, 0.4) is 0 Å². The molecule has 3 N–H and O–H groups in total. The summed E-state index contributed by atoms with van der Waals surface area (Å²) in [6.07, 6.45) is -0.383. The summed E-state index contributed by atoms with van der Waals surface area (Å²) in [6, 6.07) is 10.3. The van der Waals surface area contributed by atoms with Gasteiger partial charge in [0.25, 0.3) is 5.91 Å². The number of hydrogen-bond donors (Lipinski definition) is 3. The van der Waals surface area contributed by atoms with E-state index < -0.39 is 41.1 Å². The molecule has 2 rings (SSSR count). The van der Waals surface area contributed by atoms with Gasteiger partial charge in [0.15, 0.2) is 0 Å². The van der Waals surface area contributed by atoms with Gasteiger partial charge in [0.2, 0.25) is 5.91 Å². The number of nitrogens with one attached hydrogen (secondary N) is 2. The number of alkyl carbamates (subject to hydrolysis) is 1. The molecule has 3 amide bonds. The second-order valence-electron chi connectivity index (χ2n) is 12.4. The molecule has 0 saturated carbocycles. The van der Waals surface area contributed by atoms with Gasteiger partial charge < -0.3 is 25.4 Å². The molecule has 214 valence electrons. The lowest BCUT2D eigenvalue weighted by atomic mass is 9.92. The van der Waals surface area contributed by atoms with Crippen molar-refractivity contribution in [1.82, 2.24) is 10.2 Å². The molecule has 0 aliphatic carbocycles. The van der Waals surface area contributed by atoms with Crippen LogP contribution in [-0.4, -0.2) is 45.1 Å². The van der Waals surface area contributed by atoms with Crippen molar-refractivity contribution < 1.29 is 24.2 Å². The van der Waals surface area contributed by atoms with E-state index >= 15 is 0 Å². The minimum atomic E-state index is -1.19. The number of amides is 3. The number of hydrogen-bond acceptors (Lipinski definition) is 5. The number of phenolic OH excluding ortho intramolecular Hbond substituents is 1. The van der Waals surface area contributed by atoms with E-state index in [0.29, 0.717) is 23.2 Å². The highest BCUT2D eigenvalue weighted by atomic mass is 16.6. The summed E-state index contributed by atoms with van der Waals surface area (Å²) < 4.78 is 5.44. The molecule has 0 radical (unpaired) electrons. The van der Waals surface area contributed by atoms with Crippen LogP contribution in [0.25, 0.3) is 0 Å². The second-order valence-corrected chi connectivity index (χ2v) is 12.4. The number of ether oxygens (including phenoxy) is 1. The fraction of sp³-hybridized carbons (Fsp3) is 0.516. The van der Waals surface area contributed by atoms with Gasteiger partial charge in [0.1, 0.15) is 23.4 Å². The first-order valence-electron chi connectivity index (χ1n) is 13.4. The van der Waals surface area contributed by atoms with E-state index in [1.54, 1.807) is 52.0 Å². The van der Waals surface area contributed by atoms with Crippen molar-refractivity contribution in [2.45, 2.75) is 98.9 Å². The Hall–Kier alpha value is -3.55. The maximum atomic E-state index is 14.4. The molecule has 0 aliphatic rings. The monoisotopic (exact) mass is 539 g/mol. The predicted molar refractivity (Wildman–Crippen MR) is 155 cm³/mol. The highest BCUT2D eigenvalue weighted by molar-refractivity contribution is 6.00. The zero-order valence-electron chi connectivity index (χ0n) is 25.0.